The Hall–Kier alpha value is -2.25. The van der Waals surface area contributed by atoms with Gasteiger partial charge in [-0.3, -0.25) is 14.1 Å². The van der Waals surface area contributed by atoms with Crippen LogP contribution in [-0.2, 0) is 16.2 Å². The van der Waals surface area contributed by atoms with Crippen molar-refractivity contribution < 1.29 is 9.53 Å². The number of benzene rings is 1. The van der Waals surface area contributed by atoms with Gasteiger partial charge in [-0.25, -0.2) is 4.68 Å². The second-order valence-electron chi connectivity index (χ2n) is 7.11. The highest BCUT2D eigenvalue weighted by Gasteiger charge is 2.26. The van der Waals surface area contributed by atoms with Gasteiger partial charge in [0, 0.05) is 18.5 Å². The number of para-hydroxylation sites is 1. The van der Waals surface area contributed by atoms with E-state index in [9.17, 15) is 4.79 Å². The van der Waals surface area contributed by atoms with E-state index in [1.165, 1.54) is 10.9 Å². The van der Waals surface area contributed by atoms with Crippen molar-refractivity contribution in [2.75, 3.05) is 19.7 Å². The first-order valence-electron chi connectivity index (χ1n) is 9.45. The number of hydrogen-bond acceptors (Lipinski definition) is 5. The van der Waals surface area contributed by atoms with E-state index in [2.05, 4.69) is 30.0 Å². The molecule has 0 spiro atoms. The highest BCUT2D eigenvalue weighted by Crippen LogP contribution is 2.22. The van der Waals surface area contributed by atoms with Gasteiger partial charge in [0.15, 0.2) is 5.65 Å². The number of rotatable bonds is 4. The molecule has 0 aliphatic carbocycles. The predicted octanol–water partition coefficient (Wildman–Crippen LogP) is 3.56. The third kappa shape index (κ3) is 3.37. The third-order valence-corrected chi connectivity index (χ3v) is 5.71. The Bertz CT molecular complexity index is 1050. The van der Waals surface area contributed by atoms with E-state index in [0.717, 1.165) is 37.1 Å². The summed E-state index contributed by atoms with van der Waals surface area (Å²) in [7, 11) is 0. The van der Waals surface area contributed by atoms with Crippen LogP contribution in [0.2, 0.25) is 0 Å². The minimum atomic E-state index is -0.0663. The molecule has 0 atom stereocenters. The molecule has 142 valence electrons. The molecule has 7 heteroatoms. The van der Waals surface area contributed by atoms with Crippen LogP contribution in [0.1, 0.15) is 25.3 Å². The van der Waals surface area contributed by atoms with Gasteiger partial charge in [0.2, 0.25) is 4.77 Å². The Labute approximate surface area is 163 Å². The van der Waals surface area contributed by atoms with Crippen molar-refractivity contribution in [2.45, 2.75) is 33.4 Å². The number of ether oxygens (including phenoxy) is 1. The average Bonchev–Trinajstić information content (AvgIpc) is 2.98. The van der Waals surface area contributed by atoms with Crippen LogP contribution in [0, 0.1) is 17.6 Å². The molecule has 0 N–H and O–H groups in total. The maximum atomic E-state index is 11.9. The van der Waals surface area contributed by atoms with Crippen molar-refractivity contribution >= 4 is 34.7 Å². The summed E-state index contributed by atoms with van der Waals surface area (Å²) in [5, 5.41) is 5.93. The molecule has 1 fully saturated rings. The lowest BCUT2D eigenvalue weighted by atomic mass is 9.97. The monoisotopic (exact) mass is 384 g/mol. The third-order valence-electron chi connectivity index (χ3n) is 5.32. The van der Waals surface area contributed by atoms with Crippen LogP contribution < -0.4 is 0 Å². The summed E-state index contributed by atoms with van der Waals surface area (Å²) in [6.07, 6.45) is 1.64. The molecule has 2 aromatic heterocycles. The minimum Gasteiger partial charge on any atom is -0.466 e. The SMILES string of the molecule is CCOC(=O)C1CCN(Cn2nc3cc(C)c4ccccc4n3c2=S)CC1. The fourth-order valence-electron chi connectivity index (χ4n) is 3.87. The minimum absolute atomic E-state index is 0.0156. The van der Waals surface area contributed by atoms with Crippen LogP contribution in [0.25, 0.3) is 16.6 Å². The Morgan fingerprint density at radius 2 is 2.04 bits per heavy atom. The van der Waals surface area contributed by atoms with E-state index >= 15 is 0 Å². The van der Waals surface area contributed by atoms with Gasteiger partial charge >= 0.3 is 5.97 Å². The number of nitrogens with zero attached hydrogens (tertiary/aromatic N) is 4. The maximum absolute atomic E-state index is 11.9. The summed E-state index contributed by atoms with van der Waals surface area (Å²) >= 11 is 5.73. The van der Waals surface area contributed by atoms with E-state index in [-0.39, 0.29) is 11.9 Å². The molecule has 3 aromatic rings. The molecule has 0 radical (unpaired) electrons. The van der Waals surface area contributed by atoms with Crippen LogP contribution in [0.3, 0.4) is 0 Å². The highest BCUT2D eigenvalue weighted by molar-refractivity contribution is 7.71. The Kier molecular flexibility index (Phi) is 4.97. The van der Waals surface area contributed by atoms with Gasteiger partial charge in [-0.2, -0.15) is 5.10 Å². The standard InChI is InChI=1S/C20H24N4O2S/c1-3-26-19(25)15-8-10-22(11-9-15)13-23-20(27)24-17-7-5-4-6-16(17)14(2)12-18(24)21-23/h4-7,12,15H,3,8-11,13H2,1-2H3. The van der Waals surface area contributed by atoms with Crippen molar-refractivity contribution in [3.05, 3.63) is 40.7 Å². The molecule has 27 heavy (non-hydrogen) atoms. The van der Waals surface area contributed by atoms with E-state index in [1.54, 1.807) is 0 Å². The Morgan fingerprint density at radius 3 is 2.78 bits per heavy atom. The number of carbonyl (C=O) groups excluding carboxylic acids is 1. The van der Waals surface area contributed by atoms with E-state index in [4.69, 9.17) is 22.1 Å². The molecular weight excluding hydrogens is 360 g/mol. The van der Waals surface area contributed by atoms with Crippen LogP contribution in [0.4, 0.5) is 0 Å². The summed E-state index contributed by atoms with van der Waals surface area (Å²) in [6, 6.07) is 10.4. The number of piperidine rings is 1. The maximum Gasteiger partial charge on any atom is 0.309 e. The molecule has 1 aromatic carbocycles. The van der Waals surface area contributed by atoms with E-state index < -0.39 is 0 Å². The molecule has 4 rings (SSSR count). The van der Waals surface area contributed by atoms with Crippen LogP contribution in [0.5, 0.6) is 0 Å². The predicted molar refractivity (Wildman–Crippen MR) is 107 cm³/mol. The van der Waals surface area contributed by atoms with Crippen LogP contribution in [-0.4, -0.2) is 44.7 Å². The molecule has 3 heterocycles. The number of aryl methyl sites for hydroxylation is 1. The zero-order valence-corrected chi connectivity index (χ0v) is 16.5. The molecule has 1 saturated heterocycles. The summed E-state index contributed by atoms with van der Waals surface area (Å²) in [5.41, 5.74) is 3.16. The van der Waals surface area contributed by atoms with Gasteiger partial charge in [0.25, 0.3) is 0 Å². The van der Waals surface area contributed by atoms with Crippen molar-refractivity contribution in [3.8, 4) is 0 Å². The number of likely N-dealkylation sites (tertiary alicyclic amines) is 1. The van der Waals surface area contributed by atoms with Gasteiger partial charge in [-0.05, 0) is 56.6 Å². The molecule has 6 nitrogen and oxygen atoms in total. The summed E-state index contributed by atoms with van der Waals surface area (Å²) in [5.74, 6) is -0.0507. The highest BCUT2D eigenvalue weighted by atomic mass is 32.1. The number of aromatic nitrogens is 3. The summed E-state index contributed by atoms with van der Waals surface area (Å²) in [6.45, 7) is 6.73. The molecule has 0 saturated carbocycles. The second kappa shape index (κ2) is 7.40. The summed E-state index contributed by atoms with van der Waals surface area (Å²) in [4.78, 5) is 14.2. The number of hydrogen-bond donors (Lipinski definition) is 0. The van der Waals surface area contributed by atoms with Crippen LogP contribution in [0.15, 0.2) is 30.3 Å². The Balaban J connectivity index is 1.57. The molecule has 0 amide bonds. The largest absolute Gasteiger partial charge is 0.466 e. The second-order valence-corrected chi connectivity index (χ2v) is 7.47. The first-order valence-corrected chi connectivity index (χ1v) is 9.86. The molecular formula is C20H24N4O2S. The van der Waals surface area contributed by atoms with Crippen molar-refractivity contribution in [2.24, 2.45) is 5.92 Å². The lowest BCUT2D eigenvalue weighted by Gasteiger charge is -2.30. The lowest BCUT2D eigenvalue weighted by molar-refractivity contribution is -0.149. The molecule has 0 bridgehead atoms. The normalized spacial score (nSPS) is 16.2. The van der Waals surface area contributed by atoms with E-state index in [0.29, 0.717) is 18.0 Å². The fraction of sp³-hybridized carbons (Fsp3) is 0.450. The molecule has 0 unspecified atom stereocenters. The average molecular weight is 385 g/mol. The van der Waals surface area contributed by atoms with Crippen molar-refractivity contribution in [1.29, 1.82) is 0 Å². The lowest BCUT2D eigenvalue weighted by Crippen LogP contribution is -2.38. The number of pyridine rings is 1. The van der Waals surface area contributed by atoms with E-state index in [1.807, 2.05) is 28.1 Å². The topological polar surface area (TPSA) is 51.8 Å². The van der Waals surface area contributed by atoms with Gasteiger partial charge in [0.05, 0.1) is 24.7 Å². The zero-order chi connectivity index (χ0) is 19.0. The molecule has 1 aliphatic heterocycles. The Morgan fingerprint density at radius 1 is 1.30 bits per heavy atom. The number of esters is 1. The van der Waals surface area contributed by atoms with Crippen molar-refractivity contribution in [3.63, 3.8) is 0 Å². The zero-order valence-electron chi connectivity index (χ0n) is 15.7. The number of fused-ring (bicyclic) bond motifs is 3. The summed E-state index contributed by atoms with van der Waals surface area (Å²) < 4.78 is 9.79. The molecule has 1 aliphatic rings. The fourth-order valence-corrected chi connectivity index (χ4v) is 4.16. The smallest absolute Gasteiger partial charge is 0.309 e. The van der Waals surface area contributed by atoms with Gasteiger partial charge in [-0.15, -0.1) is 0 Å². The van der Waals surface area contributed by atoms with Crippen molar-refractivity contribution in [1.82, 2.24) is 19.1 Å². The van der Waals surface area contributed by atoms with Gasteiger partial charge in [-0.1, -0.05) is 18.2 Å². The first-order chi connectivity index (χ1) is 13.1. The van der Waals surface area contributed by atoms with Gasteiger partial charge < -0.3 is 4.74 Å². The van der Waals surface area contributed by atoms with Gasteiger partial charge in [0.1, 0.15) is 0 Å². The quantitative estimate of drug-likeness (QED) is 0.509. The van der Waals surface area contributed by atoms with Crippen LogP contribution >= 0.6 is 12.2 Å². The first kappa shape index (κ1) is 18.1. The number of carbonyl (C=O) groups is 1.